The molecule has 0 atom stereocenters. The van der Waals surface area contributed by atoms with E-state index in [-0.39, 0.29) is 16.6 Å². The van der Waals surface area contributed by atoms with Crippen molar-refractivity contribution in [1.82, 2.24) is 4.98 Å². The fraction of sp³-hybridized carbons (Fsp3) is 0.0588. The standard InChI is InChI=1S/C17H10F4N2O2/c18-13-6-5-9(7-12(13)17(19,20)21)23-16(25)11-8-22-14-4-2-1-3-10(14)15(11)24/h1-8H,(H,22,24)(H,23,25). The predicted octanol–water partition coefficient (Wildman–Crippen LogP) is 3.94. The molecule has 0 aliphatic heterocycles. The maximum absolute atomic E-state index is 13.3. The molecule has 0 radical (unpaired) electrons. The number of benzene rings is 2. The zero-order valence-corrected chi connectivity index (χ0v) is 12.4. The highest BCUT2D eigenvalue weighted by Gasteiger charge is 2.34. The third-order valence-electron chi connectivity index (χ3n) is 3.56. The Bertz CT molecular complexity index is 1030. The summed E-state index contributed by atoms with van der Waals surface area (Å²) in [5.74, 6) is -2.35. The van der Waals surface area contributed by atoms with Crippen LogP contribution in [0.15, 0.2) is 53.5 Å². The summed E-state index contributed by atoms with van der Waals surface area (Å²) >= 11 is 0. The van der Waals surface area contributed by atoms with Crippen LogP contribution in [0.25, 0.3) is 10.9 Å². The highest BCUT2D eigenvalue weighted by Crippen LogP contribution is 2.33. The number of aromatic amines is 1. The molecule has 0 aliphatic rings. The zero-order valence-electron chi connectivity index (χ0n) is 12.4. The number of carbonyl (C=O) groups excluding carboxylic acids is 1. The lowest BCUT2D eigenvalue weighted by Crippen LogP contribution is -2.22. The van der Waals surface area contributed by atoms with E-state index in [1.807, 2.05) is 0 Å². The third-order valence-corrected chi connectivity index (χ3v) is 3.56. The summed E-state index contributed by atoms with van der Waals surface area (Å²) < 4.78 is 51.4. The Balaban J connectivity index is 1.96. The van der Waals surface area contributed by atoms with Crippen molar-refractivity contribution in [1.29, 1.82) is 0 Å². The Kier molecular flexibility index (Phi) is 4.03. The zero-order chi connectivity index (χ0) is 18.2. The molecule has 0 aliphatic carbocycles. The molecular formula is C17H10F4N2O2. The molecule has 4 nitrogen and oxygen atoms in total. The lowest BCUT2D eigenvalue weighted by Gasteiger charge is -2.11. The molecule has 8 heteroatoms. The van der Waals surface area contributed by atoms with Crippen LogP contribution in [0.2, 0.25) is 0 Å². The molecule has 128 valence electrons. The van der Waals surface area contributed by atoms with Gasteiger partial charge in [-0.25, -0.2) is 4.39 Å². The van der Waals surface area contributed by atoms with Crippen molar-refractivity contribution in [2.24, 2.45) is 0 Å². The molecule has 3 rings (SSSR count). The number of hydrogen-bond donors (Lipinski definition) is 2. The van der Waals surface area contributed by atoms with Crippen molar-refractivity contribution in [2.75, 3.05) is 5.32 Å². The number of H-pyrrole nitrogens is 1. The Labute approximate surface area is 138 Å². The number of pyridine rings is 1. The highest BCUT2D eigenvalue weighted by atomic mass is 19.4. The maximum atomic E-state index is 13.3. The quantitative estimate of drug-likeness (QED) is 0.688. The van der Waals surface area contributed by atoms with E-state index < -0.39 is 28.9 Å². The summed E-state index contributed by atoms with van der Waals surface area (Å²) in [5.41, 5.74) is -2.09. The van der Waals surface area contributed by atoms with Gasteiger partial charge < -0.3 is 10.3 Å². The molecule has 0 saturated heterocycles. The summed E-state index contributed by atoms with van der Waals surface area (Å²) in [6.07, 6.45) is -3.72. The van der Waals surface area contributed by atoms with Gasteiger partial charge >= 0.3 is 6.18 Å². The number of halogens is 4. The van der Waals surface area contributed by atoms with Gasteiger partial charge in [0.25, 0.3) is 5.91 Å². The lowest BCUT2D eigenvalue weighted by molar-refractivity contribution is -0.139. The van der Waals surface area contributed by atoms with Crippen LogP contribution < -0.4 is 10.7 Å². The summed E-state index contributed by atoms with van der Waals surface area (Å²) in [5, 5.41) is 2.45. The van der Waals surface area contributed by atoms with E-state index >= 15 is 0 Å². The molecule has 3 aromatic rings. The summed E-state index contributed by atoms with van der Waals surface area (Å²) in [4.78, 5) is 27.3. The molecule has 1 aromatic heterocycles. The van der Waals surface area contributed by atoms with E-state index in [9.17, 15) is 27.2 Å². The van der Waals surface area contributed by atoms with E-state index in [2.05, 4.69) is 10.3 Å². The van der Waals surface area contributed by atoms with Gasteiger partial charge in [0.15, 0.2) is 0 Å². The molecule has 1 heterocycles. The van der Waals surface area contributed by atoms with Crippen LogP contribution in [-0.2, 0) is 6.18 Å². The van der Waals surface area contributed by atoms with Gasteiger partial charge in [0.1, 0.15) is 11.4 Å². The van der Waals surface area contributed by atoms with Crippen LogP contribution in [0.1, 0.15) is 15.9 Å². The van der Waals surface area contributed by atoms with Gasteiger partial charge in [-0.3, -0.25) is 9.59 Å². The Hall–Kier alpha value is -3.16. The van der Waals surface area contributed by atoms with Gasteiger partial charge in [0.2, 0.25) is 5.43 Å². The monoisotopic (exact) mass is 350 g/mol. The van der Waals surface area contributed by atoms with Crippen LogP contribution in [0.3, 0.4) is 0 Å². The second kappa shape index (κ2) is 6.04. The number of anilines is 1. The molecule has 2 aromatic carbocycles. The molecule has 0 spiro atoms. The summed E-state index contributed by atoms with van der Waals surface area (Å²) in [7, 11) is 0. The van der Waals surface area contributed by atoms with Crippen molar-refractivity contribution in [3.63, 3.8) is 0 Å². The highest BCUT2D eigenvalue weighted by molar-refractivity contribution is 6.05. The normalized spacial score (nSPS) is 11.5. The number of aromatic nitrogens is 1. The minimum absolute atomic E-state index is 0.267. The minimum Gasteiger partial charge on any atom is -0.360 e. The van der Waals surface area contributed by atoms with E-state index in [0.29, 0.717) is 17.6 Å². The van der Waals surface area contributed by atoms with Crippen LogP contribution in [0.5, 0.6) is 0 Å². The van der Waals surface area contributed by atoms with Crippen LogP contribution in [0, 0.1) is 5.82 Å². The van der Waals surface area contributed by atoms with E-state index in [1.54, 1.807) is 18.2 Å². The Morgan fingerprint density at radius 3 is 2.52 bits per heavy atom. The molecule has 0 saturated carbocycles. The number of fused-ring (bicyclic) bond motifs is 1. The summed E-state index contributed by atoms with van der Waals surface area (Å²) in [6.45, 7) is 0. The van der Waals surface area contributed by atoms with Gasteiger partial charge in [-0.05, 0) is 30.3 Å². The molecule has 0 unspecified atom stereocenters. The first-order valence-corrected chi connectivity index (χ1v) is 7.06. The molecule has 2 N–H and O–H groups in total. The van der Waals surface area contributed by atoms with Crippen LogP contribution >= 0.6 is 0 Å². The largest absolute Gasteiger partial charge is 0.419 e. The van der Waals surface area contributed by atoms with Gasteiger partial charge in [-0.2, -0.15) is 13.2 Å². The fourth-order valence-electron chi connectivity index (χ4n) is 2.35. The van der Waals surface area contributed by atoms with Gasteiger partial charge in [0, 0.05) is 22.8 Å². The van der Waals surface area contributed by atoms with Crippen molar-refractivity contribution in [3.8, 4) is 0 Å². The van der Waals surface area contributed by atoms with Crippen molar-refractivity contribution in [3.05, 3.63) is 75.8 Å². The van der Waals surface area contributed by atoms with Crippen LogP contribution in [-0.4, -0.2) is 10.9 Å². The van der Waals surface area contributed by atoms with Crippen molar-refractivity contribution < 1.29 is 22.4 Å². The smallest absolute Gasteiger partial charge is 0.360 e. The van der Waals surface area contributed by atoms with Crippen molar-refractivity contribution in [2.45, 2.75) is 6.18 Å². The SMILES string of the molecule is O=C(Nc1ccc(F)c(C(F)(F)F)c1)c1c[nH]c2ccccc2c1=O. The number of rotatable bonds is 2. The molecule has 0 fully saturated rings. The Morgan fingerprint density at radius 1 is 1.08 bits per heavy atom. The topological polar surface area (TPSA) is 62.0 Å². The molecule has 25 heavy (non-hydrogen) atoms. The average molecular weight is 350 g/mol. The second-order valence-corrected chi connectivity index (χ2v) is 5.22. The first-order chi connectivity index (χ1) is 11.8. The number of para-hydroxylation sites is 1. The van der Waals surface area contributed by atoms with Crippen molar-refractivity contribution >= 4 is 22.5 Å². The predicted molar refractivity (Wildman–Crippen MR) is 83.9 cm³/mol. The Morgan fingerprint density at radius 2 is 1.80 bits per heavy atom. The van der Waals surface area contributed by atoms with Gasteiger partial charge in [-0.1, -0.05) is 12.1 Å². The maximum Gasteiger partial charge on any atom is 0.419 e. The number of nitrogens with one attached hydrogen (secondary N) is 2. The van der Waals surface area contributed by atoms with Gasteiger partial charge in [0.05, 0.1) is 5.56 Å². The van der Waals surface area contributed by atoms with E-state index in [0.717, 1.165) is 6.07 Å². The van der Waals surface area contributed by atoms with Gasteiger partial charge in [-0.15, -0.1) is 0 Å². The van der Waals surface area contributed by atoms with E-state index in [1.165, 1.54) is 12.3 Å². The fourth-order valence-corrected chi connectivity index (χ4v) is 2.35. The number of alkyl halides is 3. The average Bonchev–Trinajstić information content (AvgIpc) is 2.56. The third kappa shape index (κ3) is 3.23. The number of carbonyl (C=O) groups is 1. The van der Waals surface area contributed by atoms with E-state index in [4.69, 9.17) is 0 Å². The molecule has 0 bridgehead atoms. The lowest BCUT2D eigenvalue weighted by atomic mass is 10.1. The number of amides is 1. The minimum atomic E-state index is -4.90. The first-order valence-electron chi connectivity index (χ1n) is 7.06. The number of hydrogen-bond acceptors (Lipinski definition) is 2. The first kappa shape index (κ1) is 16.7. The molecule has 1 amide bonds. The summed E-state index contributed by atoms with van der Waals surface area (Å²) in [6, 6.07) is 8.55. The molecular weight excluding hydrogens is 340 g/mol. The second-order valence-electron chi connectivity index (χ2n) is 5.22. The van der Waals surface area contributed by atoms with Crippen LogP contribution in [0.4, 0.5) is 23.2 Å².